The van der Waals surface area contributed by atoms with Gasteiger partial charge in [-0.15, -0.1) is 0 Å². The molecule has 28 heavy (non-hydrogen) atoms. The molecule has 0 radical (unpaired) electrons. The van der Waals surface area contributed by atoms with Gasteiger partial charge in [0.05, 0.1) is 12.0 Å². The van der Waals surface area contributed by atoms with E-state index in [1.54, 1.807) is 19.2 Å². The van der Waals surface area contributed by atoms with Gasteiger partial charge in [-0.3, -0.25) is 4.79 Å². The molecule has 152 valence electrons. The largest absolute Gasteiger partial charge is 0.497 e. The molecule has 0 fully saturated rings. The van der Waals surface area contributed by atoms with Gasteiger partial charge in [-0.05, 0) is 40.8 Å². The number of hydrogen-bond acceptors (Lipinski definition) is 4. The second kappa shape index (κ2) is 9.21. The zero-order valence-corrected chi connectivity index (χ0v) is 17.6. The molecule has 2 aromatic rings. The van der Waals surface area contributed by atoms with Gasteiger partial charge < -0.3 is 10.1 Å². The molecular weight excluding hydrogens is 376 g/mol. The Balaban J connectivity index is 1.81. The molecule has 0 atom stereocenters. The Hall–Kier alpha value is -2.38. The van der Waals surface area contributed by atoms with Gasteiger partial charge in [0.25, 0.3) is 0 Å². The monoisotopic (exact) mass is 404 g/mol. The molecule has 0 aliphatic rings. The van der Waals surface area contributed by atoms with Crippen molar-refractivity contribution in [2.24, 2.45) is 0 Å². The van der Waals surface area contributed by atoms with E-state index in [9.17, 15) is 13.2 Å². The summed E-state index contributed by atoms with van der Waals surface area (Å²) in [6, 6.07) is 14.2. The third kappa shape index (κ3) is 6.35. The van der Waals surface area contributed by atoms with Crippen LogP contribution < -0.4 is 14.8 Å². The van der Waals surface area contributed by atoms with Gasteiger partial charge in [-0.1, -0.05) is 45.0 Å². The van der Waals surface area contributed by atoms with E-state index in [2.05, 4.69) is 30.8 Å². The Labute approximate surface area is 167 Å². The standard InChI is InChI=1S/C21H28N2O4S/c1-21(2,3)17-7-11-19(12-8-17)28(25,26)23-14-13-20(24)22-15-16-5-9-18(27-4)10-6-16/h5-12,23H,13-15H2,1-4H3,(H,22,24). The number of hydrogen-bond donors (Lipinski definition) is 2. The molecule has 7 heteroatoms. The summed E-state index contributed by atoms with van der Waals surface area (Å²) in [6.45, 7) is 6.62. The fourth-order valence-corrected chi connectivity index (χ4v) is 3.58. The fourth-order valence-electron chi connectivity index (χ4n) is 2.55. The average molecular weight is 405 g/mol. The summed E-state index contributed by atoms with van der Waals surface area (Å²) in [5.74, 6) is 0.529. The highest BCUT2D eigenvalue weighted by Gasteiger charge is 2.17. The van der Waals surface area contributed by atoms with Gasteiger partial charge in [-0.2, -0.15) is 0 Å². The summed E-state index contributed by atoms with van der Waals surface area (Å²) in [5.41, 5.74) is 1.95. The average Bonchev–Trinajstić information content (AvgIpc) is 2.66. The molecule has 2 rings (SSSR count). The van der Waals surface area contributed by atoms with Crippen molar-refractivity contribution in [1.82, 2.24) is 10.0 Å². The van der Waals surface area contributed by atoms with Crippen LogP contribution in [0.25, 0.3) is 0 Å². The minimum atomic E-state index is -3.64. The van der Waals surface area contributed by atoms with Gasteiger partial charge in [0.2, 0.25) is 15.9 Å². The van der Waals surface area contributed by atoms with Crippen LogP contribution in [0, 0.1) is 0 Å². The molecule has 0 aliphatic carbocycles. The first-order valence-corrected chi connectivity index (χ1v) is 10.6. The molecule has 0 spiro atoms. The van der Waals surface area contributed by atoms with Crippen LogP contribution in [-0.4, -0.2) is 28.0 Å². The Bertz CT molecular complexity index is 883. The number of carbonyl (C=O) groups is 1. The highest BCUT2D eigenvalue weighted by atomic mass is 32.2. The number of methoxy groups -OCH3 is 1. The van der Waals surface area contributed by atoms with E-state index in [1.165, 1.54) is 0 Å². The first kappa shape index (κ1) is 21.9. The topological polar surface area (TPSA) is 84.5 Å². The van der Waals surface area contributed by atoms with Crippen molar-refractivity contribution in [3.05, 3.63) is 59.7 Å². The molecule has 0 bridgehead atoms. The van der Waals surface area contributed by atoms with Crippen LogP contribution in [0.5, 0.6) is 5.75 Å². The van der Waals surface area contributed by atoms with Crippen molar-refractivity contribution in [2.45, 2.75) is 44.0 Å². The Morgan fingerprint density at radius 3 is 2.14 bits per heavy atom. The molecule has 0 unspecified atom stereocenters. The van der Waals surface area contributed by atoms with E-state index in [0.29, 0.717) is 6.54 Å². The van der Waals surface area contributed by atoms with Crippen LogP contribution >= 0.6 is 0 Å². The number of rotatable bonds is 8. The lowest BCUT2D eigenvalue weighted by Crippen LogP contribution is -2.30. The lowest BCUT2D eigenvalue weighted by atomic mass is 9.87. The molecule has 2 aromatic carbocycles. The Morgan fingerprint density at radius 1 is 1.00 bits per heavy atom. The zero-order valence-electron chi connectivity index (χ0n) is 16.8. The summed E-state index contributed by atoms with van der Waals surface area (Å²) in [4.78, 5) is 12.1. The molecule has 2 N–H and O–H groups in total. The summed E-state index contributed by atoms with van der Waals surface area (Å²) in [5, 5.41) is 2.77. The lowest BCUT2D eigenvalue weighted by molar-refractivity contribution is -0.121. The number of amides is 1. The van der Waals surface area contributed by atoms with Crippen molar-refractivity contribution in [3.63, 3.8) is 0 Å². The van der Waals surface area contributed by atoms with E-state index in [0.717, 1.165) is 16.9 Å². The summed E-state index contributed by atoms with van der Waals surface area (Å²) >= 11 is 0. The van der Waals surface area contributed by atoms with Crippen LogP contribution in [0.2, 0.25) is 0 Å². The van der Waals surface area contributed by atoms with Crippen molar-refractivity contribution >= 4 is 15.9 Å². The van der Waals surface area contributed by atoms with E-state index in [4.69, 9.17) is 4.74 Å². The van der Waals surface area contributed by atoms with Crippen molar-refractivity contribution in [2.75, 3.05) is 13.7 Å². The van der Waals surface area contributed by atoms with Gasteiger partial charge in [0, 0.05) is 19.5 Å². The maximum absolute atomic E-state index is 12.4. The quantitative estimate of drug-likeness (QED) is 0.708. The first-order chi connectivity index (χ1) is 13.1. The highest BCUT2D eigenvalue weighted by Crippen LogP contribution is 2.23. The van der Waals surface area contributed by atoms with Crippen LogP contribution in [0.15, 0.2) is 53.4 Å². The maximum atomic E-state index is 12.4. The van der Waals surface area contributed by atoms with E-state index < -0.39 is 10.0 Å². The van der Waals surface area contributed by atoms with Crippen molar-refractivity contribution in [3.8, 4) is 5.75 Å². The SMILES string of the molecule is COc1ccc(CNC(=O)CCNS(=O)(=O)c2ccc(C(C)(C)C)cc2)cc1. The third-order valence-corrected chi connectivity index (χ3v) is 5.80. The Morgan fingerprint density at radius 2 is 1.61 bits per heavy atom. The van der Waals surface area contributed by atoms with Gasteiger partial charge in [0.15, 0.2) is 0 Å². The number of benzene rings is 2. The molecule has 0 heterocycles. The smallest absolute Gasteiger partial charge is 0.240 e. The maximum Gasteiger partial charge on any atom is 0.240 e. The van der Waals surface area contributed by atoms with Crippen molar-refractivity contribution in [1.29, 1.82) is 0 Å². The number of carbonyl (C=O) groups excluding carboxylic acids is 1. The van der Waals surface area contributed by atoms with E-state index in [1.807, 2.05) is 36.4 Å². The second-order valence-electron chi connectivity index (χ2n) is 7.55. The minimum Gasteiger partial charge on any atom is -0.497 e. The summed E-state index contributed by atoms with van der Waals surface area (Å²) in [7, 11) is -2.04. The van der Waals surface area contributed by atoms with Gasteiger partial charge in [0.1, 0.15) is 5.75 Å². The van der Waals surface area contributed by atoms with Gasteiger partial charge in [-0.25, -0.2) is 13.1 Å². The molecule has 6 nitrogen and oxygen atoms in total. The summed E-state index contributed by atoms with van der Waals surface area (Å²) in [6.07, 6.45) is 0.0649. The summed E-state index contributed by atoms with van der Waals surface area (Å²) < 4.78 is 32.3. The predicted molar refractivity (Wildman–Crippen MR) is 110 cm³/mol. The number of nitrogens with one attached hydrogen (secondary N) is 2. The predicted octanol–water partition coefficient (Wildman–Crippen LogP) is 2.98. The lowest BCUT2D eigenvalue weighted by Gasteiger charge is -2.19. The van der Waals surface area contributed by atoms with E-state index in [-0.39, 0.29) is 29.2 Å². The van der Waals surface area contributed by atoms with Crippen LogP contribution in [0.3, 0.4) is 0 Å². The molecule has 0 saturated heterocycles. The number of ether oxygens (including phenoxy) is 1. The normalized spacial score (nSPS) is 11.9. The molecule has 0 aliphatic heterocycles. The van der Waals surface area contributed by atoms with E-state index >= 15 is 0 Å². The Kier molecular flexibility index (Phi) is 7.21. The molecule has 1 amide bonds. The molecule has 0 saturated carbocycles. The van der Waals surface area contributed by atoms with Crippen molar-refractivity contribution < 1.29 is 17.9 Å². The first-order valence-electron chi connectivity index (χ1n) is 9.12. The second-order valence-corrected chi connectivity index (χ2v) is 9.31. The highest BCUT2D eigenvalue weighted by molar-refractivity contribution is 7.89. The molecular formula is C21H28N2O4S. The van der Waals surface area contributed by atoms with Crippen LogP contribution in [0.1, 0.15) is 38.3 Å². The zero-order chi connectivity index (χ0) is 20.8. The molecule has 0 aromatic heterocycles. The fraction of sp³-hybridized carbons (Fsp3) is 0.381. The van der Waals surface area contributed by atoms with Gasteiger partial charge >= 0.3 is 0 Å². The van der Waals surface area contributed by atoms with Crippen LogP contribution in [0.4, 0.5) is 0 Å². The third-order valence-electron chi connectivity index (χ3n) is 4.32. The minimum absolute atomic E-state index is 0.0395. The van der Waals surface area contributed by atoms with Crippen LogP contribution in [-0.2, 0) is 26.8 Å². The number of sulfonamides is 1.